The zero-order valence-electron chi connectivity index (χ0n) is 20.3. The number of aliphatic imine (C=N–C) groups is 1. The lowest BCUT2D eigenvalue weighted by Crippen LogP contribution is -2.37. The van der Waals surface area contributed by atoms with Gasteiger partial charge in [-0.05, 0) is 47.7 Å². The summed E-state index contributed by atoms with van der Waals surface area (Å²) in [6, 6.07) is 11.4. The highest BCUT2D eigenvalue weighted by atomic mass is 32.2. The van der Waals surface area contributed by atoms with Crippen LogP contribution in [0.1, 0.15) is 36.1 Å². The predicted molar refractivity (Wildman–Crippen MR) is 133 cm³/mol. The van der Waals surface area contributed by atoms with Crippen LogP contribution in [-0.4, -0.2) is 36.2 Å². The maximum atomic E-state index is 13.0. The van der Waals surface area contributed by atoms with Crippen LogP contribution in [0.15, 0.2) is 75.9 Å². The fraction of sp³-hybridized carbons (Fsp3) is 0.269. The minimum Gasteiger partial charge on any atom is -0.497 e. The molecule has 0 unspecified atom stereocenters. The molecule has 0 saturated heterocycles. The number of alkyl halides is 3. The molecule has 1 atom stereocenters. The van der Waals surface area contributed by atoms with Gasteiger partial charge in [-0.2, -0.15) is 13.2 Å². The number of ether oxygens (including phenoxy) is 2. The molecular formula is C26H24F3N3O4S. The molecule has 0 fully saturated rings. The van der Waals surface area contributed by atoms with Gasteiger partial charge in [-0.3, -0.25) is 4.79 Å². The van der Waals surface area contributed by atoms with Gasteiger partial charge >= 0.3 is 12.1 Å². The summed E-state index contributed by atoms with van der Waals surface area (Å²) in [6.45, 7) is 1.67. The number of halogens is 3. The Labute approximate surface area is 216 Å². The molecule has 0 saturated carbocycles. The second-order valence-electron chi connectivity index (χ2n) is 8.31. The molecule has 2 aliphatic heterocycles. The number of carbonyl (C=O) groups is 2. The van der Waals surface area contributed by atoms with Gasteiger partial charge in [0, 0.05) is 12.2 Å². The molecule has 0 aliphatic carbocycles. The molecule has 0 radical (unpaired) electrons. The van der Waals surface area contributed by atoms with Gasteiger partial charge in [0.15, 0.2) is 5.17 Å². The van der Waals surface area contributed by atoms with Crippen molar-refractivity contribution >= 4 is 28.8 Å². The maximum Gasteiger partial charge on any atom is 0.416 e. The monoisotopic (exact) mass is 531 g/mol. The van der Waals surface area contributed by atoms with E-state index in [1.165, 1.54) is 31.0 Å². The van der Waals surface area contributed by atoms with E-state index >= 15 is 0 Å². The third-order valence-corrected chi connectivity index (χ3v) is 6.79. The lowest BCUT2D eigenvalue weighted by Gasteiger charge is -2.36. The summed E-state index contributed by atoms with van der Waals surface area (Å²) in [5, 5.41) is 5.06. The van der Waals surface area contributed by atoms with Crippen molar-refractivity contribution in [2.75, 3.05) is 14.2 Å². The Hall–Kier alpha value is -3.73. The van der Waals surface area contributed by atoms with E-state index in [2.05, 4.69) is 10.3 Å². The van der Waals surface area contributed by atoms with E-state index in [0.29, 0.717) is 33.4 Å². The number of allylic oxidation sites excluding steroid dienone is 1. The molecule has 2 aliphatic rings. The Morgan fingerprint density at radius 1 is 1.14 bits per heavy atom. The van der Waals surface area contributed by atoms with Crippen LogP contribution in [0, 0.1) is 0 Å². The van der Waals surface area contributed by atoms with Crippen LogP contribution in [-0.2, 0) is 27.0 Å². The number of nitrogens with one attached hydrogen (secondary N) is 1. The van der Waals surface area contributed by atoms with Crippen LogP contribution in [0.4, 0.5) is 13.2 Å². The number of amides is 1. The number of esters is 1. The number of hydrogen-bond acceptors (Lipinski definition) is 7. The number of fused-ring (bicyclic) bond motifs is 1. The summed E-state index contributed by atoms with van der Waals surface area (Å²) in [6.07, 6.45) is -4.53. The van der Waals surface area contributed by atoms with Crippen LogP contribution in [0.3, 0.4) is 0 Å². The minimum absolute atomic E-state index is 0.0597. The molecule has 2 aromatic rings. The van der Waals surface area contributed by atoms with Gasteiger partial charge in [0.2, 0.25) is 5.91 Å². The molecule has 194 valence electrons. The fourth-order valence-electron chi connectivity index (χ4n) is 4.15. The summed E-state index contributed by atoms with van der Waals surface area (Å²) in [4.78, 5) is 32.0. The first-order valence-electron chi connectivity index (χ1n) is 11.2. The molecule has 2 aromatic carbocycles. The molecule has 4 rings (SSSR count). The van der Waals surface area contributed by atoms with Crippen LogP contribution in [0.5, 0.6) is 5.75 Å². The van der Waals surface area contributed by atoms with Crippen molar-refractivity contribution in [3.05, 3.63) is 87.6 Å². The topological polar surface area (TPSA) is 80.2 Å². The molecule has 0 bridgehead atoms. The summed E-state index contributed by atoms with van der Waals surface area (Å²) in [5.74, 6) is -0.334. The molecular weight excluding hydrogens is 507 g/mol. The van der Waals surface area contributed by atoms with Gasteiger partial charge in [0.05, 0.1) is 43.5 Å². The molecule has 7 nitrogen and oxygen atoms in total. The van der Waals surface area contributed by atoms with E-state index < -0.39 is 23.8 Å². The summed E-state index contributed by atoms with van der Waals surface area (Å²) >= 11 is 1.32. The number of carbonyl (C=O) groups excluding carboxylic acids is 2. The van der Waals surface area contributed by atoms with Gasteiger partial charge in [0.25, 0.3) is 0 Å². The van der Waals surface area contributed by atoms with E-state index in [9.17, 15) is 22.8 Å². The van der Waals surface area contributed by atoms with Crippen molar-refractivity contribution < 1.29 is 32.2 Å². The quantitative estimate of drug-likeness (QED) is 0.497. The highest BCUT2D eigenvalue weighted by Gasteiger charge is 2.41. The average Bonchev–Trinajstić information content (AvgIpc) is 3.27. The van der Waals surface area contributed by atoms with Gasteiger partial charge in [-0.15, -0.1) is 0 Å². The minimum atomic E-state index is -4.46. The van der Waals surface area contributed by atoms with Crippen LogP contribution in [0.25, 0.3) is 0 Å². The number of benzene rings is 2. The fourth-order valence-corrected chi connectivity index (χ4v) is 5.12. The van der Waals surface area contributed by atoms with Crippen molar-refractivity contribution in [1.82, 2.24) is 10.2 Å². The Morgan fingerprint density at radius 3 is 2.59 bits per heavy atom. The van der Waals surface area contributed by atoms with Gasteiger partial charge in [-0.25, -0.2) is 9.79 Å². The number of rotatable bonds is 7. The summed E-state index contributed by atoms with van der Waals surface area (Å²) in [5.41, 5.74) is 1.72. The normalized spacial score (nSPS) is 17.1. The van der Waals surface area contributed by atoms with Crippen LogP contribution in [0.2, 0.25) is 0 Å². The Morgan fingerprint density at radius 2 is 1.89 bits per heavy atom. The molecule has 1 N–H and O–H groups in total. The van der Waals surface area contributed by atoms with E-state index in [1.54, 1.807) is 37.6 Å². The molecule has 11 heteroatoms. The lowest BCUT2D eigenvalue weighted by atomic mass is 9.93. The zero-order valence-corrected chi connectivity index (χ0v) is 21.1. The zero-order chi connectivity index (χ0) is 26.7. The first-order valence-corrected chi connectivity index (χ1v) is 12.1. The lowest BCUT2D eigenvalue weighted by molar-refractivity contribution is -0.138. The number of thioether (sulfide) groups is 1. The average molecular weight is 532 g/mol. The van der Waals surface area contributed by atoms with E-state index in [-0.39, 0.29) is 18.9 Å². The van der Waals surface area contributed by atoms with Crippen molar-refractivity contribution in [3.8, 4) is 5.75 Å². The highest BCUT2D eigenvalue weighted by molar-refractivity contribution is 8.16. The Balaban J connectivity index is 1.57. The van der Waals surface area contributed by atoms with Crippen LogP contribution >= 0.6 is 11.8 Å². The number of methoxy groups -OCH3 is 2. The predicted octanol–water partition coefficient (Wildman–Crippen LogP) is 5.17. The second kappa shape index (κ2) is 10.7. The first-order chi connectivity index (χ1) is 17.6. The van der Waals surface area contributed by atoms with E-state index in [4.69, 9.17) is 9.47 Å². The smallest absolute Gasteiger partial charge is 0.416 e. The number of amidine groups is 1. The molecule has 1 amide bonds. The Kier molecular flexibility index (Phi) is 7.63. The first kappa shape index (κ1) is 26.3. The molecule has 0 aromatic heterocycles. The van der Waals surface area contributed by atoms with Gasteiger partial charge in [0.1, 0.15) is 5.75 Å². The number of hydrogen-bond donors (Lipinski definition) is 1. The molecule has 37 heavy (non-hydrogen) atoms. The highest BCUT2D eigenvalue weighted by Crippen LogP contribution is 2.45. The van der Waals surface area contributed by atoms with Crippen molar-refractivity contribution in [2.24, 2.45) is 4.99 Å². The number of nitrogens with zero attached hydrogens (tertiary/aromatic N) is 2. The third-order valence-electron chi connectivity index (χ3n) is 5.90. The summed E-state index contributed by atoms with van der Waals surface area (Å²) in [7, 11) is 2.84. The van der Waals surface area contributed by atoms with E-state index in [0.717, 1.165) is 17.7 Å². The standard InChI is InChI=1S/C26H24F3N3O4S/c1-15-22(24(34)36-3)23(17-7-5-9-20(11-17)35-2)32-19(14-37-25(32)31-15)12-21(33)30-13-16-6-4-8-18(10-16)26(27,28)29/h4-11,14,23H,12-13H2,1-3H3,(H,30,33)/t23-/m1/s1. The largest absolute Gasteiger partial charge is 0.497 e. The second-order valence-corrected chi connectivity index (χ2v) is 9.15. The van der Waals surface area contributed by atoms with Gasteiger partial charge in [-0.1, -0.05) is 36.0 Å². The SMILES string of the molecule is COC(=O)C1=C(C)N=C2SC=C(CC(=O)NCc3cccc(C(F)(F)F)c3)N2[C@@H]1c1cccc(OC)c1. The van der Waals surface area contributed by atoms with Crippen molar-refractivity contribution in [2.45, 2.75) is 32.1 Å². The van der Waals surface area contributed by atoms with Crippen LogP contribution < -0.4 is 10.1 Å². The molecule has 0 spiro atoms. The van der Waals surface area contributed by atoms with E-state index in [1.807, 2.05) is 11.0 Å². The Bertz CT molecular complexity index is 1320. The van der Waals surface area contributed by atoms with Crippen molar-refractivity contribution in [3.63, 3.8) is 0 Å². The molecule has 2 heterocycles. The van der Waals surface area contributed by atoms with Crippen molar-refractivity contribution in [1.29, 1.82) is 0 Å². The van der Waals surface area contributed by atoms with Gasteiger partial charge < -0.3 is 19.7 Å². The third kappa shape index (κ3) is 5.66. The maximum absolute atomic E-state index is 13.0. The summed E-state index contributed by atoms with van der Waals surface area (Å²) < 4.78 is 49.4.